The van der Waals surface area contributed by atoms with Gasteiger partial charge < -0.3 is 10.2 Å². The summed E-state index contributed by atoms with van der Waals surface area (Å²) >= 11 is 0. The number of aromatic nitrogens is 5. The molecule has 4 aromatic heterocycles. The Labute approximate surface area is 184 Å². The smallest absolute Gasteiger partial charge is 0.181 e. The number of anilines is 1. The minimum atomic E-state index is 0.300. The molecule has 32 heavy (non-hydrogen) atoms. The topological polar surface area (TPSA) is 119 Å². The van der Waals surface area contributed by atoms with Gasteiger partial charge in [0.1, 0.15) is 5.52 Å². The van der Waals surface area contributed by atoms with Crippen LogP contribution in [-0.4, -0.2) is 24.7 Å². The van der Waals surface area contributed by atoms with E-state index in [1.54, 1.807) is 16.8 Å². The SMILES string of the molecule is Cc1cccc(Cn2cc3c(-c4ocnc4C)c(-c4cccc(C#N)c4)nc(N)c3n2)n1. The van der Waals surface area contributed by atoms with Crippen LogP contribution in [0.3, 0.4) is 0 Å². The summed E-state index contributed by atoms with van der Waals surface area (Å²) < 4.78 is 7.55. The maximum absolute atomic E-state index is 9.35. The Kier molecular flexibility index (Phi) is 4.64. The number of nitrogens with two attached hydrogens (primary N) is 1. The highest BCUT2D eigenvalue weighted by Crippen LogP contribution is 2.39. The zero-order chi connectivity index (χ0) is 22.2. The van der Waals surface area contributed by atoms with Crippen LogP contribution in [0.25, 0.3) is 33.5 Å². The number of oxazole rings is 1. The van der Waals surface area contributed by atoms with Crippen molar-refractivity contribution in [3.8, 4) is 28.7 Å². The van der Waals surface area contributed by atoms with E-state index in [-0.39, 0.29) is 0 Å². The highest BCUT2D eigenvalue weighted by Gasteiger charge is 2.23. The van der Waals surface area contributed by atoms with E-state index < -0.39 is 0 Å². The second kappa shape index (κ2) is 7.63. The molecule has 0 spiro atoms. The molecule has 5 aromatic rings. The Hall–Kier alpha value is -4.51. The van der Waals surface area contributed by atoms with E-state index in [1.165, 1.54) is 6.39 Å². The van der Waals surface area contributed by atoms with Gasteiger partial charge in [-0.15, -0.1) is 0 Å². The molecule has 0 atom stereocenters. The fourth-order valence-corrected chi connectivity index (χ4v) is 3.80. The predicted molar refractivity (Wildman–Crippen MR) is 120 cm³/mol. The number of rotatable bonds is 4. The van der Waals surface area contributed by atoms with Gasteiger partial charge >= 0.3 is 0 Å². The van der Waals surface area contributed by atoms with Gasteiger partial charge in [0.15, 0.2) is 18.0 Å². The Bertz CT molecular complexity index is 1510. The zero-order valence-corrected chi connectivity index (χ0v) is 17.6. The van der Waals surface area contributed by atoms with Gasteiger partial charge in [-0.05, 0) is 38.1 Å². The molecule has 156 valence electrons. The number of fused-ring (bicyclic) bond motifs is 1. The molecule has 4 heterocycles. The van der Waals surface area contributed by atoms with Crippen LogP contribution in [0.4, 0.5) is 5.82 Å². The lowest BCUT2D eigenvalue weighted by Gasteiger charge is -2.10. The minimum absolute atomic E-state index is 0.300. The fraction of sp³-hybridized carbons (Fsp3) is 0.125. The van der Waals surface area contributed by atoms with Gasteiger partial charge in [0.05, 0.1) is 40.8 Å². The number of pyridine rings is 2. The Morgan fingerprint density at radius 2 is 1.97 bits per heavy atom. The molecule has 0 aliphatic carbocycles. The molecule has 0 radical (unpaired) electrons. The summed E-state index contributed by atoms with van der Waals surface area (Å²) in [5, 5.41) is 14.8. The van der Waals surface area contributed by atoms with Crippen molar-refractivity contribution < 1.29 is 4.42 Å². The molecule has 0 unspecified atom stereocenters. The molecule has 8 nitrogen and oxygen atoms in total. The van der Waals surface area contributed by atoms with Crippen LogP contribution in [0.15, 0.2) is 59.5 Å². The average Bonchev–Trinajstić information content (AvgIpc) is 3.40. The molecule has 0 saturated heterocycles. The van der Waals surface area contributed by atoms with Crippen LogP contribution < -0.4 is 5.73 Å². The number of hydrogen-bond donors (Lipinski definition) is 1. The maximum atomic E-state index is 9.35. The lowest BCUT2D eigenvalue weighted by Crippen LogP contribution is -2.03. The summed E-state index contributed by atoms with van der Waals surface area (Å²) in [6, 6.07) is 15.3. The third kappa shape index (κ3) is 3.36. The monoisotopic (exact) mass is 421 g/mol. The molecule has 0 aliphatic heterocycles. The van der Waals surface area contributed by atoms with Crippen LogP contribution in [0, 0.1) is 25.2 Å². The molecule has 0 fully saturated rings. The van der Waals surface area contributed by atoms with E-state index >= 15 is 0 Å². The van der Waals surface area contributed by atoms with Crippen LogP contribution in [0.2, 0.25) is 0 Å². The lowest BCUT2D eigenvalue weighted by atomic mass is 9.98. The zero-order valence-electron chi connectivity index (χ0n) is 17.6. The van der Waals surface area contributed by atoms with Crippen molar-refractivity contribution in [1.82, 2.24) is 24.7 Å². The average molecular weight is 421 g/mol. The number of hydrogen-bond acceptors (Lipinski definition) is 7. The number of nitriles is 1. The lowest BCUT2D eigenvalue weighted by molar-refractivity contribution is 0.572. The second-order valence-corrected chi connectivity index (χ2v) is 7.54. The predicted octanol–water partition coefficient (Wildman–Crippen LogP) is 4.27. The first-order valence-electron chi connectivity index (χ1n) is 10.0. The summed E-state index contributed by atoms with van der Waals surface area (Å²) in [6.45, 7) is 4.32. The quantitative estimate of drug-likeness (QED) is 0.460. The first kappa shape index (κ1) is 19.5. The summed E-state index contributed by atoms with van der Waals surface area (Å²) in [4.78, 5) is 13.5. The first-order chi connectivity index (χ1) is 15.5. The van der Waals surface area contributed by atoms with Crippen molar-refractivity contribution >= 4 is 16.7 Å². The number of nitrogens with zero attached hydrogens (tertiary/aromatic N) is 6. The van der Waals surface area contributed by atoms with Crippen molar-refractivity contribution in [2.45, 2.75) is 20.4 Å². The Morgan fingerprint density at radius 1 is 1.12 bits per heavy atom. The van der Waals surface area contributed by atoms with Crippen LogP contribution in [-0.2, 0) is 6.54 Å². The van der Waals surface area contributed by atoms with Gasteiger partial charge in [-0.1, -0.05) is 18.2 Å². The number of nitrogen functional groups attached to an aromatic ring is 1. The van der Waals surface area contributed by atoms with Crippen molar-refractivity contribution in [1.29, 1.82) is 5.26 Å². The molecule has 8 heteroatoms. The van der Waals surface area contributed by atoms with E-state index in [0.717, 1.165) is 33.6 Å². The van der Waals surface area contributed by atoms with E-state index in [0.29, 0.717) is 34.9 Å². The molecule has 1 aromatic carbocycles. The summed E-state index contributed by atoms with van der Waals surface area (Å²) in [5.74, 6) is 0.891. The van der Waals surface area contributed by atoms with Crippen LogP contribution >= 0.6 is 0 Å². The molecule has 0 amide bonds. The normalized spacial score (nSPS) is 11.0. The number of aryl methyl sites for hydroxylation is 2. The summed E-state index contributed by atoms with van der Waals surface area (Å²) in [6.07, 6.45) is 3.33. The summed E-state index contributed by atoms with van der Waals surface area (Å²) in [7, 11) is 0. The van der Waals surface area contributed by atoms with Gasteiger partial charge in [0.25, 0.3) is 0 Å². The third-order valence-corrected chi connectivity index (χ3v) is 5.25. The Morgan fingerprint density at radius 3 is 2.72 bits per heavy atom. The van der Waals surface area contributed by atoms with Gasteiger partial charge in [0.2, 0.25) is 0 Å². The highest BCUT2D eigenvalue weighted by atomic mass is 16.3. The first-order valence-corrected chi connectivity index (χ1v) is 10.0. The molecular formula is C24H19N7O. The van der Waals surface area contributed by atoms with Gasteiger partial charge in [-0.25, -0.2) is 9.97 Å². The third-order valence-electron chi connectivity index (χ3n) is 5.25. The van der Waals surface area contributed by atoms with Crippen molar-refractivity contribution in [3.05, 3.63) is 77.7 Å². The Balaban J connectivity index is 1.75. The standard InChI is InChI=1S/C24H19N7O/c1-14-5-3-8-18(28-14)11-31-12-19-20(23-15(2)27-13-32-23)21(29-24(26)22(19)30-31)17-7-4-6-16(9-17)10-25/h3-9,12-13H,11H2,1-2H3,(H2,26,29). The second-order valence-electron chi connectivity index (χ2n) is 7.54. The fourth-order valence-electron chi connectivity index (χ4n) is 3.80. The molecule has 0 saturated carbocycles. The maximum Gasteiger partial charge on any atom is 0.181 e. The van der Waals surface area contributed by atoms with E-state index in [4.69, 9.17) is 10.2 Å². The van der Waals surface area contributed by atoms with Gasteiger partial charge in [-0.3, -0.25) is 9.67 Å². The highest BCUT2D eigenvalue weighted by molar-refractivity contribution is 6.04. The van der Waals surface area contributed by atoms with Crippen molar-refractivity contribution in [2.75, 3.05) is 5.73 Å². The van der Waals surface area contributed by atoms with Crippen LogP contribution in [0.1, 0.15) is 22.6 Å². The van der Waals surface area contributed by atoms with E-state index in [1.807, 2.05) is 50.4 Å². The molecule has 2 N–H and O–H groups in total. The van der Waals surface area contributed by atoms with E-state index in [9.17, 15) is 5.26 Å². The molecule has 0 aliphatic rings. The summed E-state index contributed by atoms with van der Waals surface area (Å²) in [5.41, 5.74) is 12.1. The molecular weight excluding hydrogens is 402 g/mol. The molecule has 0 bridgehead atoms. The molecule has 5 rings (SSSR count). The van der Waals surface area contributed by atoms with Crippen molar-refractivity contribution in [2.24, 2.45) is 0 Å². The van der Waals surface area contributed by atoms with Crippen molar-refractivity contribution in [3.63, 3.8) is 0 Å². The van der Waals surface area contributed by atoms with E-state index in [2.05, 4.69) is 26.1 Å². The largest absolute Gasteiger partial charge is 0.443 e. The van der Waals surface area contributed by atoms with Gasteiger partial charge in [-0.2, -0.15) is 10.4 Å². The minimum Gasteiger partial charge on any atom is -0.443 e. The number of benzene rings is 1. The van der Waals surface area contributed by atoms with Crippen LogP contribution in [0.5, 0.6) is 0 Å². The van der Waals surface area contributed by atoms with Gasteiger partial charge in [0, 0.05) is 22.8 Å².